The molecule has 7 nitrogen and oxygen atoms in total. The summed E-state index contributed by atoms with van der Waals surface area (Å²) in [5, 5.41) is 5.16. The number of rotatable bonds is 11. The van der Waals surface area contributed by atoms with Crippen molar-refractivity contribution in [3.8, 4) is 5.75 Å². The fourth-order valence-electron chi connectivity index (χ4n) is 4.70. The Morgan fingerprint density at radius 2 is 1.86 bits per heavy atom. The van der Waals surface area contributed by atoms with Crippen molar-refractivity contribution in [3.05, 3.63) is 101 Å². The number of nitrogens with one attached hydrogen (secondary N) is 1. The van der Waals surface area contributed by atoms with Gasteiger partial charge in [-0.15, -0.1) is 0 Å². The zero-order valence-corrected chi connectivity index (χ0v) is 20.9. The molecule has 1 N–H and O–H groups in total. The summed E-state index contributed by atoms with van der Waals surface area (Å²) in [6, 6.07) is 21.6. The molecule has 0 atom stereocenters. The molecule has 1 saturated heterocycles. The van der Waals surface area contributed by atoms with Crippen molar-refractivity contribution in [1.29, 1.82) is 0 Å². The zero-order valence-electron chi connectivity index (χ0n) is 20.9. The minimum Gasteiger partial charge on any atom is -0.494 e. The maximum atomic E-state index is 12.6. The SMILES string of the molecule is O=C1CCCN1c1ccc(OCCCc2cc(CNCCn3ccc4ccccc4c3=O)ccn2)cc1. The summed E-state index contributed by atoms with van der Waals surface area (Å²) in [6.07, 6.45) is 6.97. The maximum Gasteiger partial charge on any atom is 0.258 e. The maximum absolute atomic E-state index is 12.6. The average Bonchev–Trinajstić information content (AvgIpc) is 3.37. The molecule has 1 fully saturated rings. The Balaban J connectivity index is 1.04. The number of pyridine rings is 2. The number of aryl methyl sites for hydroxylation is 1. The number of hydrogen-bond acceptors (Lipinski definition) is 5. The van der Waals surface area contributed by atoms with E-state index in [1.54, 1.807) is 4.57 Å². The predicted molar refractivity (Wildman–Crippen MR) is 146 cm³/mol. The molecule has 0 radical (unpaired) electrons. The normalized spacial score (nSPS) is 13.4. The highest BCUT2D eigenvalue weighted by Crippen LogP contribution is 2.24. The fraction of sp³-hybridized carbons (Fsp3) is 0.300. The van der Waals surface area contributed by atoms with E-state index in [0.29, 0.717) is 26.1 Å². The monoisotopic (exact) mass is 496 g/mol. The van der Waals surface area contributed by atoms with E-state index >= 15 is 0 Å². The number of anilines is 1. The van der Waals surface area contributed by atoms with Gasteiger partial charge in [0.05, 0.1) is 6.61 Å². The number of amides is 1. The Morgan fingerprint density at radius 3 is 2.70 bits per heavy atom. The molecule has 0 bridgehead atoms. The van der Waals surface area contributed by atoms with Gasteiger partial charge in [-0.1, -0.05) is 18.2 Å². The molecule has 190 valence electrons. The molecule has 0 spiro atoms. The van der Waals surface area contributed by atoms with Crippen molar-refractivity contribution < 1.29 is 9.53 Å². The minimum atomic E-state index is 0.0472. The lowest BCUT2D eigenvalue weighted by atomic mass is 10.1. The predicted octanol–water partition coefficient (Wildman–Crippen LogP) is 4.32. The van der Waals surface area contributed by atoms with E-state index in [1.807, 2.05) is 78.0 Å². The third-order valence-corrected chi connectivity index (χ3v) is 6.69. The van der Waals surface area contributed by atoms with Gasteiger partial charge in [0.15, 0.2) is 0 Å². The van der Waals surface area contributed by atoms with Gasteiger partial charge in [0.2, 0.25) is 5.91 Å². The van der Waals surface area contributed by atoms with E-state index in [4.69, 9.17) is 4.74 Å². The minimum absolute atomic E-state index is 0.0472. The van der Waals surface area contributed by atoms with Crippen molar-refractivity contribution >= 4 is 22.4 Å². The molecule has 5 rings (SSSR count). The van der Waals surface area contributed by atoms with Gasteiger partial charge in [-0.3, -0.25) is 14.6 Å². The second-order valence-corrected chi connectivity index (χ2v) is 9.33. The lowest BCUT2D eigenvalue weighted by Gasteiger charge is -2.16. The molecule has 0 unspecified atom stereocenters. The van der Waals surface area contributed by atoms with Crippen molar-refractivity contribution in [3.63, 3.8) is 0 Å². The summed E-state index contributed by atoms with van der Waals surface area (Å²) in [5.74, 6) is 1.01. The van der Waals surface area contributed by atoms with E-state index < -0.39 is 0 Å². The smallest absolute Gasteiger partial charge is 0.258 e. The first-order valence-corrected chi connectivity index (χ1v) is 12.9. The van der Waals surface area contributed by atoms with Gasteiger partial charge in [0.25, 0.3) is 5.56 Å². The van der Waals surface area contributed by atoms with Crippen molar-refractivity contribution in [2.45, 2.75) is 38.8 Å². The van der Waals surface area contributed by atoms with Gasteiger partial charge in [0.1, 0.15) is 5.75 Å². The molecule has 2 aromatic heterocycles. The van der Waals surface area contributed by atoms with Gasteiger partial charge in [-0.05, 0) is 78.7 Å². The Morgan fingerprint density at radius 1 is 1.00 bits per heavy atom. The van der Waals surface area contributed by atoms with Crippen LogP contribution in [0, 0.1) is 0 Å². The molecule has 3 heterocycles. The number of carbonyl (C=O) groups is 1. The molecule has 7 heteroatoms. The van der Waals surface area contributed by atoms with Crippen LogP contribution < -0.4 is 20.5 Å². The van der Waals surface area contributed by atoms with Gasteiger partial charge < -0.3 is 19.5 Å². The molecule has 2 aromatic carbocycles. The lowest BCUT2D eigenvalue weighted by molar-refractivity contribution is -0.117. The van der Waals surface area contributed by atoms with Gasteiger partial charge in [-0.2, -0.15) is 0 Å². The second-order valence-electron chi connectivity index (χ2n) is 9.33. The van der Waals surface area contributed by atoms with Crippen LogP contribution in [0.5, 0.6) is 5.75 Å². The first kappa shape index (κ1) is 24.7. The molecule has 0 saturated carbocycles. The molecule has 1 aliphatic heterocycles. The summed E-state index contributed by atoms with van der Waals surface area (Å²) < 4.78 is 7.65. The van der Waals surface area contributed by atoms with Crippen LogP contribution in [0.3, 0.4) is 0 Å². The van der Waals surface area contributed by atoms with Crippen LogP contribution >= 0.6 is 0 Å². The highest BCUT2D eigenvalue weighted by atomic mass is 16.5. The van der Waals surface area contributed by atoms with Crippen LogP contribution in [-0.2, 0) is 24.3 Å². The first-order chi connectivity index (χ1) is 18.2. The Bertz CT molecular complexity index is 1410. The van der Waals surface area contributed by atoms with Crippen molar-refractivity contribution in [2.24, 2.45) is 0 Å². The number of carbonyl (C=O) groups excluding carboxylic acids is 1. The number of aromatic nitrogens is 2. The van der Waals surface area contributed by atoms with E-state index in [1.165, 1.54) is 5.56 Å². The molecule has 4 aromatic rings. The summed E-state index contributed by atoms with van der Waals surface area (Å²) in [4.78, 5) is 30.9. The first-order valence-electron chi connectivity index (χ1n) is 12.9. The summed E-state index contributed by atoms with van der Waals surface area (Å²) in [5.41, 5.74) is 3.19. The van der Waals surface area contributed by atoms with Crippen LogP contribution in [-0.4, -0.2) is 35.2 Å². The quantitative estimate of drug-likeness (QED) is 0.313. The largest absolute Gasteiger partial charge is 0.494 e. The third kappa shape index (κ3) is 6.24. The third-order valence-electron chi connectivity index (χ3n) is 6.69. The molecule has 1 aliphatic rings. The standard InChI is InChI=1S/C30H32N4O3/c35-29-8-3-17-34(29)26-9-11-27(12-10-26)37-20-4-6-25-21-23(13-15-32-25)22-31-16-19-33-18-14-24-5-1-2-7-28(24)30(33)36/h1-2,5,7,9-15,18,21,31H,3-4,6,8,16-17,19-20,22H2. The zero-order chi connectivity index (χ0) is 25.5. The van der Waals surface area contributed by atoms with Crippen LogP contribution in [0.15, 0.2) is 83.9 Å². The van der Waals surface area contributed by atoms with Crippen LogP contribution in [0.4, 0.5) is 5.69 Å². The number of hydrogen-bond donors (Lipinski definition) is 1. The van der Waals surface area contributed by atoms with E-state index in [9.17, 15) is 9.59 Å². The van der Waals surface area contributed by atoms with Crippen LogP contribution in [0.25, 0.3) is 10.8 Å². The number of fused-ring (bicyclic) bond motifs is 1. The highest BCUT2D eigenvalue weighted by Gasteiger charge is 2.21. The molecule has 0 aliphatic carbocycles. The lowest BCUT2D eigenvalue weighted by Crippen LogP contribution is -2.26. The Labute approximate surface area is 216 Å². The van der Waals surface area contributed by atoms with Crippen LogP contribution in [0.2, 0.25) is 0 Å². The fourth-order valence-corrected chi connectivity index (χ4v) is 4.70. The highest BCUT2D eigenvalue weighted by molar-refractivity contribution is 5.95. The molecule has 1 amide bonds. The summed E-state index contributed by atoms with van der Waals surface area (Å²) in [7, 11) is 0. The number of ether oxygens (including phenoxy) is 1. The number of nitrogens with zero attached hydrogens (tertiary/aromatic N) is 3. The molecular weight excluding hydrogens is 464 g/mol. The van der Waals surface area contributed by atoms with Crippen molar-refractivity contribution in [2.75, 3.05) is 24.6 Å². The van der Waals surface area contributed by atoms with Crippen LogP contribution in [0.1, 0.15) is 30.5 Å². The number of benzene rings is 2. The van der Waals surface area contributed by atoms with Gasteiger partial charge >= 0.3 is 0 Å². The van der Waals surface area contributed by atoms with Crippen molar-refractivity contribution in [1.82, 2.24) is 14.9 Å². The van der Waals surface area contributed by atoms with Gasteiger partial charge in [0, 0.05) is 61.8 Å². The topological polar surface area (TPSA) is 76.5 Å². The Kier molecular flexibility index (Phi) is 7.91. The second kappa shape index (κ2) is 11.8. The van der Waals surface area contributed by atoms with E-state index in [0.717, 1.165) is 60.3 Å². The van der Waals surface area contributed by atoms with E-state index in [2.05, 4.69) is 16.4 Å². The van der Waals surface area contributed by atoms with E-state index in [-0.39, 0.29) is 11.5 Å². The Hall–Kier alpha value is -3.97. The molecule has 37 heavy (non-hydrogen) atoms. The summed E-state index contributed by atoms with van der Waals surface area (Å²) >= 11 is 0. The summed E-state index contributed by atoms with van der Waals surface area (Å²) in [6.45, 7) is 3.45. The van der Waals surface area contributed by atoms with Gasteiger partial charge in [-0.25, -0.2) is 0 Å². The molecular formula is C30H32N4O3. The average molecular weight is 497 g/mol.